The van der Waals surface area contributed by atoms with Crippen molar-refractivity contribution in [1.29, 1.82) is 0 Å². The van der Waals surface area contributed by atoms with Gasteiger partial charge in [-0.2, -0.15) is 0 Å². The SMILES string of the molecule is O=C(O)C1CCCN(c2ccccc2F)CC1. The number of carboxylic acids is 1. The van der Waals surface area contributed by atoms with Crippen molar-refractivity contribution < 1.29 is 14.3 Å². The minimum Gasteiger partial charge on any atom is -0.481 e. The van der Waals surface area contributed by atoms with Gasteiger partial charge in [-0.05, 0) is 31.4 Å². The van der Waals surface area contributed by atoms with Gasteiger partial charge in [0.15, 0.2) is 0 Å². The fraction of sp³-hybridized carbons (Fsp3) is 0.462. The summed E-state index contributed by atoms with van der Waals surface area (Å²) in [6.45, 7) is 1.34. The Morgan fingerprint density at radius 1 is 1.29 bits per heavy atom. The summed E-state index contributed by atoms with van der Waals surface area (Å²) in [4.78, 5) is 12.9. The third-order valence-electron chi connectivity index (χ3n) is 3.27. The van der Waals surface area contributed by atoms with Gasteiger partial charge < -0.3 is 10.0 Å². The summed E-state index contributed by atoms with van der Waals surface area (Å²) < 4.78 is 13.6. The third kappa shape index (κ3) is 2.75. The Morgan fingerprint density at radius 2 is 2.06 bits per heavy atom. The van der Waals surface area contributed by atoms with E-state index in [4.69, 9.17) is 5.11 Å². The average molecular weight is 237 g/mol. The van der Waals surface area contributed by atoms with Gasteiger partial charge in [0, 0.05) is 13.1 Å². The van der Waals surface area contributed by atoms with Crippen molar-refractivity contribution in [2.24, 2.45) is 5.92 Å². The number of carboxylic acid groups (broad SMARTS) is 1. The van der Waals surface area contributed by atoms with Crippen molar-refractivity contribution in [1.82, 2.24) is 0 Å². The fourth-order valence-electron chi connectivity index (χ4n) is 2.29. The van der Waals surface area contributed by atoms with E-state index in [1.807, 2.05) is 4.90 Å². The van der Waals surface area contributed by atoms with E-state index in [0.29, 0.717) is 25.1 Å². The summed E-state index contributed by atoms with van der Waals surface area (Å²) in [5, 5.41) is 8.98. The minimum absolute atomic E-state index is 0.235. The van der Waals surface area contributed by atoms with E-state index in [9.17, 15) is 9.18 Å². The Morgan fingerprint density at radius 3 is 2.76 bits per heavy atom. The molecule has 1 aliphatic heterocycles. The normalized spacial score (nSPS) is 21.0. The van der Waals surface area contributed by atoms with E-state index >= 15 is 0 Å². The van der Waals surface area contributed by atoms with Crippen LogP contribution >= 0.6 is 0 Å². The highest BCUT2D eigenvalue weighted by Gasteiger charge is 2.23. The molecule has 1 aromatic rings. The molecule has 1 aromatic carbocycles. The number of hydrogen-bond acceptors (Lipinski definition) is 2. The van der Waals surface area contributed by atoms with Gasteiger partial charge in [-0.1, -0.05) is 12.1 Å². The van der Waals surface area contributed by atoms with Crippen LogP contribution in [0.4, 0.5) is 10.1 Å². The Bertz CT molecular complexity index is 408. The van der Waals surface area contributed by atoms with Crippen LogP contribution in [0.5, 0.6) is 0 Å². The Labute approximate surface area is 99.9 Å². The van der Waals surface area contributed by atoms with Crippen molar-refractivity contribution in [3.8, 4) is 0 Å². The summed E-state index contributed by atoms with van der Waals surface area (Å²) in [6.07, 6.45) is 2.06. The molecule has 3 nitrogen and oxygen atoms in total. The number of benzene rings is 1. The third-order valence-corrected chi connectivity index (χ3v) is 3.27. The van der Waals surface area contributed by atoms with Crippen LogP contribution in [0, 0.1) is 11.7 Å². The predicted octanol–water partition coefficient (Wildman–Crippen LogP) is 2.52. The Balaban J connectivity index is 2.09. The van der Waals surface area contributed by atoms with Gasteiger partial charge in [0.05, 0.1) is 11.6 Å². The number of halogens is 1. The highest BCUT2D eigenvalue weighted by molar-refractivity contribution is 5.70. The Hall–Kier alpha value is -1.58. The standard InChI is InChI=1S/C13H16FNO2/c14-11-5-1-2-6-12(11)15-8-3-4-10(7-9-15)13(16)17/h1-2,5-6,10H,3-4,7-9H2,(H,16,17). The molecule has 0 radical (unpaired) electrons. The number of hydrogen-bond donors (Lipinski definition) is 1. The van der Waals surface area contributed by atoms with Crippen LogP contribution in [0.1, 0.15) is 19.3 Å². The first-order valence-corrected chi connectivity index (χ1v) is 5.91. The van der Waals surface area contributed by atoms with E-state index in [0.717, 1.165) is 13.0 Å². The first-order valence-electron chi connectivity index (χ1n) is 5.91. The largest absolute Gasteiger partial charge is 0.481 e. The maximum atomic E-state index is 13.6. The molecule has 0 aromatic heterocycles. The highest BCUT2D eigenvalue weighted by Crippen LogP contribution is 2.24. The Kier molecular flexibility index (Phi) is 3.61. The second kappa shape index (κ2) is 5.17. The zero-order valence-corrected chi connectivity index (χ0v) is 9.60. The van der Waals surface area contributed by atoms with Crippen LogP contribution in [-0.4, -0.2) is 24.2 Å². The minimum atomic E-state index is -0.736. The molecular weight excluding hydrogens is 221 g/mol. The number of nitrogens with zero attached hydrogens (tertiary/aromatic N) is 1. The molecule has 0 spiro atoms. The van der Waals surface area contributed by atoms with Gasteiger partial charge in [0.2, 0.25) is 0 Å². The molecule has 1 atom stereocenters. The van der Waals surface area contributed by atoms with Crippen molar-refractivity contribution in [3.05, 3.63) is 30.1 Å². The van der Waals surface area contributed by atoms with Crippen LogP contribution in [0.3, 0.4) is 0 Å². The van der Waals surface area contributed by atoms with Crippen LogP contribution < -0.4 is 4.90 Å². The maximum Gasteiger partial charge on any atom is 0.306 e. The molecule has 2 rings (SSSR count). The quantitative estimate of drug-likeness (QED) is 0.859. The molecule has 4 heteroatoms. The van der Waals surface area contributed by atoms with E-state index in [-0.39, 0.29) is 11.7 Å². The number of para-hydroxylation sites is 1. The first kappa shape index (κ1) is 11.9. The maximum absolute atomic E-state index is 13.6. The lowest BCUT2D eigenvalue weighted by molar-refractivity contribution is -0.142. The lowest BCUT2D eigenvalue weighted by Gasteiger charge is -2.23. The van der Waals surface area contributed by atoms with Crippen LogP contribution in [0.25, 0.3) is 0 Å². The smallest absolute Gasteiger partial charge is 0.306 e. The number of anilines is 1. The molecule has 1 heterocycles. The molecular formula is C13H16FNO2. The van der Waals surface area contributed by atoms with Gasteiger partial charge in [-0.25, -0.2) is 4.39 Å². The van der Waals surface area contributed by atoms with Crippen molar-refractivity contribution in [3.63, 3.8) is 0 Å². The molecule has 1 aliphatic rings. The molecule has 1 N–H and O–H groups in total. The number of carbonyl (C=O) groups is 1. The number of rotatable bonds is 2. The molecule has 0 bridgehead atoms. The van der Waals surface area contributed by atoms with Crippen molar-refractivity contribution in [2.75, 3.05) is 18.0 Å². The second-order valence-corrected chi connectivity index (χ2v) is 4.40. The fourth-order valence-corrected chi connectivity index (χ4v) is 2.29. The van der Waals surface area contributed by atoms with Gasteiger partial charge in [-0.15, -0.1) is 0 Å². The molecule has 0 amide bonds. The van der Waals surface area contributed by atoms with E-state index in [1.54, 1.807) is 18.2 Å². The van der Waals surface area contributed by atoms with Crippen molar-refractivity contribution >= 4 is 11.7 Å². The monoisotopic (exact) mass is 237 g/mol. The van der Waals surface area contributed by atoms with Gasteiger partial charge in [-0.3, -0.25) is 4.79 Å². The summed E-state index contributed by atoms with van der Waals surface area (Å²) in [7, 11) is 0. The summed E-state index contributed by atoms with van der Waals surface area (Å²) in [5.74, 6) is -1.26. The molecule has 0 saturated carbocycles. The van der Waals surface area contributed by atoms with E-state index < -0.39 is 5.97 Å². The zero-order valence-electron chi connectivity index (χ0n) is 9.60. The molecule has 92 valence electrons. The van der Waals surface area contributed by atoms with Gasteiger partial charge in [0.1, 0.15) is 5.82 Å². The number of aliphatic carboxylic acids is 1. The highest BCUT2D eigenvalue weighted by atomic mass is 19.1. The molecule has 0 aliphatic carbocycles. The van der Waals surface area contributed by atoms with Gasteiger partial charge in [0.25, 0.3) is 0 Å². The van der Waals surface area contributed by atoms with Crippen LogP contribution in [-0.2, 0) is 4.79 Å². The van der Waals surface area contributed by atoms with Crippen molar-refractivity contribution in [2.45, 2.75) is 19.3 Å². The van der Waals surface area contributed by atoms with E-state index in [2.05, 4.69) is 0 Å². The lowest BCUT2D eigenvalue weighted by Crippen LogP contribution is -2.25. The van der Waals surface area contributed by atoms with Crippen LogP contribution in [0.2, 0.25) is 0 Å². The predicted molar refractivity (Wildman–Crippen MR) is 63.6 cm³/mol. The first-order chi connectivity index (χ1) is 8.18. The topological polar surface area (TPSA) is 40.5 Å². The summed E-state index contributed by atoms with van der Waals surface area (Å²) >= 11 is 0. The lowest BCUT2D eigenvalue weighted by atomic mass is 10.0. The molecule has 1 fully saturated rings. The second-order valence-electron chi connectivity index (χ2n) is 4.40. The zero-order chi connectivity index (χ0) is 12.3. The molecule has 17 heavy (non-hydrogen) atoms. The summed E-state index contributed by atoms with van der Waals surface area (Å²) in [6, 6.07) is 6.65. The summed E-state index contributed by atoms with van der Waals surface area (Å²) in [5.41, 5.74) is 0.582. The molecule has 1 unspecified atom stereocenters. The molecule has 1 saturated heterocycles. The van der Waals surface area contributed by atoms with Gasteiger partial charge >= 0.3 is 5.97 Å². The van der Waals surface area contributed by atoms with Crippen LogP contribution in [0.15, 0.2) is 24.3 Å². The average Bonchev–Trinajstić information content (AvgIpc) is 2.55. The van der Waals surface area contributed by atoms with E-state index in [1.165, 1.54) is 6.07 Å².